The van der Waals surface area contributed by atoms with Crippen LogP contribution >= 0.6 is 0 Å². The third-order valence-electron chi connectivity index (χ3n) is 16.1. The molecule has 6 aliphatic rings. The molecule has 0 aromatic heterocycles. The number of para-hydroxylation sites is 3. The summed E-state index contributed by atoms with van der Waals surface area (Å²) in [6.07, 6.45) is 10.0. The van der Waals surface area contributed by atoms with Crippen molar-refractivity contribution in [1.29, 1.82) is 0 Å². The van der Waals surface area contributed by atoms with Crippen molar-refractivity contribution in [2.75, 3.05) is 14.7 Å². The summed E-state index contributed by atoms with van der Waals surface area (Å²) in [7, 11) is 0. The molecule has 272 valence electrons. The number of benzene rings is 5. The van der Waals surface area contributed by atoms with Crippen LogP contribution in [0.2, 0.25) is 0 Å². The van der Waals surface area contributed by atoms with Crippen LogP contribution in [0.15, 0.2) is 103 Å². The van der Waals surface area contributed by atoms with E-state index in [9.17, 15) is 0 Å². The molecule has 0 radical (unpaired) electrons. The van der Waals surface area contributed by atoms with E-state index in [2.05, 4.69) is 166 Å². The van der Waals surface area contributed by atoms with Crippen LogP contribution in [0.3, 0.4) is 0 Å². The van der Waals surface area contributed by atoms with Gasteiger partial charge in [0, 0.05) is 45.0 Å². The van der Waals surface area contributed by atoms with Gasteiger partial charge < -0.3 is 14.7 Å². The molecule has 4 heterocycles. The second-order valence-electron chi connectivity index (χ2n) is 19.6. The molecule has 4 aliphatic heterocycles. The molecular formula is C50H54BN3. The van der Waals surface area contributed by atoms with Gasteiger partial charge in [0.15, 0.2) is 0 Å². The van der Waals surface area contributed by atoms with Crippen LogP contribution in [0, 0.1) is 0 Å². The Morgan fingerprint density at radius 1 is 0.537 bits per heavy atom. The normalized spacial score (nSPS) is 28.2. The fourth-order valence-electron chi connectivity index (χ4n) is 12.8. The number of hydrogen-bond donors (Lipinski definition) is 0. The van der Waals surface area contributed by atoms with E-state index in [1.165, 1.54) is 113 Å². The number of rotatable bonds is 3. The van der Waals surface area contributed by atoms with E-state index >= 15 is 0 Å². The molecule has 0 amide bonds. The van der Waals surface area contributed by atoms with Gasteiger partial charge in [-0.05, 0) is 114 Å². The van der Waals surface area contributed by atoms with Crippen molar-refractivity contribution in [2.45, 2.75) is 127 Å². The molecule has 2 aliphatic carbocycles. The van der Waals surface area contributed by atoms with Crippen molar-refractivity contribution in [2.24, 2.45) is 0 Å². The van der Waals surface area contributed by atoms with E-state index in [1.807, 2.05) is 0 Å². The molecule has 0 saturated heterocycles. The third kappa shape index (κ3) is 3.86. The van der Waals surface area contributed by atoms with E-state index in [0.29, 0.717) is 0 Å². The zero-order chi connectivity index (χ0) is 37.0. The third-order valence-corrected chi connectivity index (χ3v) is 16.1. The van der Waals surface area contributed by atoms with Crippen LogP contribution in [-0.2, 0) is 16.2 Å². The SMILES string of the molecule is CC(C)(C)c1cc2c3c(c1)C1(C)CCCCC1(C)N3c1cc(N(c3ccccc3)c3ccccc3)cc3c1B2c1cccc2c1N3C1(C)CCCCC21C. The standard InChI is InChI=1S/C50H54BN3/c1-46(2,3)33-29-38-45-40(30-33)51-39-24-18-23-37-44(39)53(49(6)27-16-14-25-47(37,49)4)41-31-36(52(34-19-10-8-11-20-34)35-21-12-9-13-22-35)32-42(43(41)51)54(45)50(7)28-17-15-26-48(38,50)5/h8-13,18-24,29-32H,14-17,25-28H2,1-7H3. The summed E-state index contributed by atoms with van der Waals surface area (Å²) in [5, 5.41) is 0. The van der Waals surface area contributed by atoms with Gasteiger partial charge in [-0.25, -0.2) is 0 Å². The molecule has 2 saturated carbocycles. The molecular weight excluding hydrogens is 653 g/mol. The highest BCUT2D eigenvalue weighted by molar-refractivity contribution is 7.00. The van der Waals surface area contributed by atoms with Gasteiger partial charge in [0.1, 0.15) is 0 Å². The number of hydrogen-bond acceptors (Lipinski definition) is 3. The first-order valence-corrected chi connectivity index (χ1v) is 20.9. The molecule has 4 atom stereocenters. The van der Waals surface area contributed by atoms with Crippen molar-refractivity contribution in [3.8, 4) is 0 Å². The second-order valence-corrected chi connectivity index (χ2v) is 19.6. The number of anilines is 7. The lowest BCUT2D eigenvalue weighted by atomic mass is 9.33. The van der Waals surface area contributed by atoms with E-state index in [1.54, 1.807) is 11.1 Å². The smallest absolute Gasteiger partial charge is 0.252 e. The molecule has 0 spiro atoms. The zero-order valence-electron chi connectivity index (χ0n) is 33.4. The van der Waals surface area contributed by atoms with Gasteiger partial charge in [0.2, 0.25) is 0 Å². The highest BCUT2D eigenvalue weighted by Gasteiger charge is 2.65. The molecule has 11 rings (SSSR count). The molecule has 3 nitrogen and oxygen atoms in total. The zero-order valence-corrected chi connectivity index (χ0v) is 33.4. The fourth-order valence-corrected chi connectivity index (χ4v) is 12.8. The Morgan fingerprint density at radius 3 is 1.61 bits per heavy atom. The van der Waals surface area contributed by atoms with E-state index in [-0.39, 0.29) is 34.0 Å². The maximum Gasteiger partial charge on any atom is 0.252 e. The molecule has 4 heteroatoms. The van der Waals surface area contributed by atoms with Gasteiger partial charge in [-0.2, -0.15) is 0 Å². The largest absolute Gasteiger partial charge is 0.335 e. The summed E-state index contributed by atoms with van der Waals surface area (Å²) < 4.78 is 0. The fraction of sp³-hybridized carbons (Fsp3) is 0.400. The summed E-state index contributed by atoms with van der Waals surface area (Å²) in [6.45, 7) is 17.9. The molecule has 0 bridgehead atoms. The van der Waals surface area contributed by atoms with Crippen molar-refractivity contribution >= 4 is 62.9 Å². The summed E-state index contributed by atoms with van der Waals surface area (Å²) in [5.41, 5.74) is 18.9. The van der Waals surface area contributed by atoms with Crippen molar-refractivity contribution in [3.05, 3.63) is 120 Å². The van der Waals surface area contributed by atoms with Crippen molar-refractivity contribution < 1.29 is 0 Å². The summed E-state index contributed by atoms with van der Waals surface area (Å²) >= 11 is 0. The van der Waals surface area contributed by atoms with Gasteiger partial charge in [-0.15, -0.1) is 0 Å². The van der Waals surface area contributed by atoms with Gasteiger partial charge in [-0.3, -0.25) is 0 Å². The van der Waals surface area contributed by atoms with Crippen LogP contribution in [0.1, 0.15) is 117 Å². The van der Waals surface area contributed by atoms with E-state index in [4.69, 9.17) is 0 Å². The Morgan fingerprint density at radius 2 is 1.06 bits per heavy atom. The van der Waals surface area contributed by atoms with E-state index in [0.717, 1.165) is 0 Å². The quantitative estimate of drug-likeness (QED) is 0.173. The molecule has 0 N–H and O–H groups in total. The number of fused-ring (bicyclic) bond motifs is 10. The highest BCUT2D eigenvalue weighted by atomic mass is 15.3. The first-order valence-electron chi connectivity index (χ1n) is 20.9. The molecule has 4 unspecified atom stereocenters. The molecule has 5 aromatic rings. The predicted molar refractivity (Wildman–Crippen MR) is 230 cm³/mol. The predicted octanol–water partition coefficient (Wildman–Crippen LogP) is 11.1. The van der Waals surface area contributed by atoms with E-state index < -0.39 is 0 Å². The van der Waals surface area contributed by atoms with Crippen LogP contribution in [0.4, 0.5) is 39.8 Å². The Hall–Kier alpha value is -4.44. The summed E-state index contributed by atoms with van der Waals surface area (Å²) in [5.74, 6) is 0. The lowest BCUT2D eigenvalue weighted by Gasteiger charge is -2.55. The van der Waals surface area contributed by atoms with Gasteiger partial charge >= 0.3 is 0 Å². The lowest BCUT2D eigenvalue weighted by molar-refractivity contribution is 0.194. The minimum atomic E-state index is -0.0308. The molecule has 54 heavy (non-hydrogen) atoms. The summed E-state index contributed by atoms with van der Waals surface area (Å²) in [4.78, 5) is 8.34. The Balaban J connectivity index is 1.30. The minimum Gasteiger partial charge on any atom is -0.335 e. The topological polar surface area (TPSA) is 9.72 Å². The van der Waals surface area contributed by atoms with Crippen LogP contribution in [0.25, 0.3) is 0 Å². The first-order chi connectivity index (χ1) is 25.9. The van der Waals surface area contributed by atoms with Crippen molar-refractivity contribution in [3.63, 3.8) is 0 Å². The second kappa shape index (κ2) is 10.7. The minimum absolute atomic E-state index is 0.0155. The lowest BCUT2D eigenvalue weighted by Crippen LogP contribution is -2.66. The van der Waals surface area contributed by atoms with Gasteiger partial charge in [0.05, 0.1) is 16.8 Å². The maximum absolute atomic E-state index is 2.92. The maximum atomic E-state index is 2.92. The molecule has 2 fully saturated rings. The highest BCUT2D eigenvalue weighted by Crippen LogP contribution is 2.65. The Labute approximate surface area is 323 Å². The van der Waals surface area contributed by atoms with Crippen LogP contribution in [0.5, 0.6) is 0 Å². The number of nitrogens with zero attached hydrogens (tertiary/aromatic N) is 3. The van der Waals surface area contributed by atoms with Gasteiger partial charge in [-0.1, -0.05) is 127 Å². The average molecular weight is 708 g/mol. The Bertz CT molecular complexity index is 2320. The van der Waals surface area contributed by atoms with Crippen molar-refractivity contribution in [1.82, 2.24) is 0 Å². The van der Waals surface area contributed by atoms with Crippen LogP contribution in [-0.4, -0.2) is 17.8 Å². The average Bonchev–Trinajstić information content (AvgIpc) is 3.51. The van der Waals surface area contributed by atoms with Gasteiger partial charge in [0.25, 0.3) is 6.71 Å². The summed E-state index contributed by atoms with van der Waals surface area (Å²) in [6, 6.07) is 40.1. The van der Waals surface area contributed by atoms with Crippen LogP contribution < -0.4 is 31.1 Å². The monoisotopic (exact) mass is 707 g/mol. The first kappa shape index (κ1) is 32.9. The Kier molecular flexibility index (Phi) is 6.50. The molecule has 5 aromatic carbocycles.